The van der Waals surface area contributed by atoms with Gasteiger partial charge in [-0.05, 0) is 61.7 Å². The van der Waals surface area contributed by atoms with Crippen LogP contribution in [0, 0.1) is 6.92 Å². The average molecular weight is 421 g/mol. The smallest absolute Gasteiger partial charge is 0.258 e. The number of rotatable bonds is 5. The van der Waals surface area contributed by atoms with E-state index >= 15 is 0 Å². The van der Waals surface area contributed by atoms with Crippen molar-refractivity contribution in [3.05, 3.63) is 95.1 Å². The number of carbonyl (C=O) groups is 1. The third-order valence-electron chi connectivity index (χ3n) is 5.40. The van der Waals surface area contributed by atoms with Crippen molar-refractivity contribution in [2.75, 3.05) is 4.90 Å². The second-order valence-electron chi connectivity index (χ2n) is 7.69. The Kier molecular flexibility index (Phi) is 5.45. The lowest BCUT2D eigenvalue weighted by Crippen LogP contribution is -2.35. The number of hydrogen-bond acceptors (Lipinski definition) is 3. The molecule has 1 N–H and O–H groups in total. The van der Waals surface area contributed by atoms with Crippen molar-refractivity contribution < 1.29 is 13.2 Å². The minimum absolute atomic E-state index is 0.0359. The van der Waals surface area contributed by atoms with Gasteiger partial charge in [-0.1, -0.05) is 48.0 Å². The van der Waals surface area contributed by atoms with Crippen LogP contribution in [0.1, 0.15) is 34.0 Å². The lowest BCUT2D eigenvalue weighted by atomic mass is 10.1. The summed E-state index contributed by atoms with van der Waals surface area (Å²) >= 11 is 0. The predicted octanol–water partition coefficient (Wildman–Crippen LogP) is 4.06. The molecule has 3 aromatic carbocycles. The fourth-order valence-corrected chi connectivity index (χ4v) is 4.84. The van der Waals surface area contributed by atoms with Crippen molar-refractivity contribution in [1.29, 1.82) is 0 Å². The fourth-order valence-electron chi connectivity index (χ4n) is 3.77. The monoisotopic (exact) mass is 420 g/mol. The summed E-state index contributed by atoms with van der Waals surface area (Å²) in [7, 11) is -3.65. The van der Waals surface area contributed by atoms with E-state index in [1.54, 1.807) is 35.2 Å². The van der Waals surface area contributed by atoms with Gasteiger partial charge < -0.3 is 4.90 Å². The molecule has 1 aliphatic rings. The maximum atomic E-state index is 13.0. The van der Waals surface area contributed by atoms with Crippen LogP contribution in [0.15, 0.2) is 77.7 Å². The molecular formula is C24H24N2O3S. The SMILES string of the molecule is Cc1ccc(CNS(=O)(=O)c2ccc3c(c2)CC(C)N3C(=O)c2ccccc2)cc1. The van der Waals surface area contributed by atoms with Crippen molar-refractivity contribution in [2.45, 2.75) is 37.8 Å². The Hall–Kier alpha value is -2.96. The number of nitrogens with one attached hydrogen (secondary N) is 1. The van der Waals surface area contributed by atoms with Gasteiger partial charge in [-0.15, -0.1) is 0 Å². The fraction of sp³-hybridized carbons (Fsp3) is 0.208. The van der Waals surface area contributed by atoms with Crippen molar-refractivity contribution in [1.82, 2.24) is 4.72 Å². The summed E-state index contributed by atoms with van der Waals surface area (Å²) in [5, 5.41) is 0. The number of fused-ring (bicyclic) bond motifs is 1. The lowest BCUT2D eigenvalue weighted by molar-refractivity contribution is 0.0981. The molecule has 5 nitrogen and oxygen atoms in total. The van der Waals surface area contributed by atoms with E-state index in [1.165, 1.54) is 0 Å². The molecule has 1 heterocycles. The Labute approximate surface area is 177 Å². The van der Waals surface area contributed by atoms with Crippen LogP contribution in [0.25, 0.3) is 0 Å². The van der Waals surface area contributed by atoms with E-state index in [0.29, 0.717) is 12.0 Å². The summed E-state index contributed by atoms with van der Waals surface area (Å²) in [6.07, 6.45) is 0.620. The first kappa shape index (κ1) is 20.3. The van der Waals surface area contributed by atoms with Gasteiger partial charge in [0.15, 0.2) is 0 Å². The van der Waals surface area contributed by atoms with Crippen LogP contribution in [0.2, 0.25) is 0 Å². The Morgan fingerprint density at radius 3 is 2.43 bits per heavy atom. The van der Waals surface area contributed by atoms with Gasteiger partial charge in [0.25, 0.3) is 5.91 Å². The third kappa shape index (κ3) is 4.01. The Morgan fingerprint density at radius 2 is 1.73 bits per heavy atom. The molecule has 154 valence electrons. The van der Waals surface area contributed by atoms with Crippen molar-refractivity contribution >= 4 is 21.6 Å². The van der Waals surface area contributed by atoms with Gasteiger partial charge in [0, 0.05) is 23.8 Å². The first-order chi connectivity index (χ1) is 14.3. The number of sulfonamides is 1. The second kappa shape index (κ2) is 8.05. The molecule has 0 fully saturated rings. The van der Waals surface area contributed by atoms with Gasteiger partial charge in [-0.25, -0.2) is 13.1 Å². The van der Waals surface area contributed by atoms with E-state index in [4.69, 9.17) is 0 Å². The number of aryl methyl sites for hydroxylation is 1. The van der Waals surface area contributed by atoms with Crippen LogP contribution in [0.4, 0.5) is 5.69 Å². The number of nitrogens with zero attached hydrogens (tertiary/aromatic N) is 1. The Bertz CT molecular complexity index is 1170. The first-order valence-electron chi connectivity index (χ1n) is 9.92. The molecule has 1 amide bonds. The molecule has 0 radical (unpaired) electrons. The number of carbonyl (C=O) groups excluding carboxylic acids is 1. The number of benzene rings is 3. The number of amides is 1. The summed E-state index contributed by atoms with van der Waals surface area (Å²) < 4.78 is 28.3. The summed E-state index contributed by atoms with van der Waals surface area (Å²) in [5.41, 5.74) is 4.29. The molecule has 0 aliphatic carbocycles. The van der Waals surface area contributed by atoms with Gasteiger partial charge in [-0.2, -0.15) is 0 Å². The van der Waals surface area contributed by atoms with Gasteiger partial charge >= 0.3 is 0 Å². The van der Waals surface area contributed by atoms with Crippen molar-refractivity contribution in [3.63, 3.8) is 0 Å². The number of hydrogen-bond donors (Lipinski definition) is 1. The predicted molar refractivity (Wildman–Crippen MR) is 118 cm³/mol. The van der Waals surface area contributed by atoms with Crippen LogP contribution in [-0.4, -0.2) is 20.4 Å². The molecule has 6 heteroatoms. The zero-order valence-corrected chi connectivity index (χ0v) is 17.8. The summed E-state index contributed by atoms with van der Waals surface area (Å²) in [6, 6.07) is 21.8. The molecule has 0 aromatic heterocycles. The van der Waals surface area contributed by atoms with Crippen molar-refractivity contribution in [3.8, 4) is 0 Å². The normalized spacial score (nSPS) is 15.8. The molecule has 4 rings (SSSR count). The highest BCUT2D eigenvalue weighted by atomic mass is 32.2. The van der Waals surface area contributed by atoms with Gasteiger partial charge in [0.05, 0.1) is 4.90 Å². The lowest BCUT2D eigenvalue weighted by Gasteiger charge is -2.23. The average Bonchev–Trinajstić information content (AvgIpc) is 3.08. The zero-order chi connectivity index (χ0) is 21.3. The first-order valence-corrected chi connectivity index (χ1v) is 11.4. The van der Waals surface area contributed by atoms with E-state index in [9.17, 15) is 13.2 Å². The Morgan fingerprint density at radius 1 is 1.03 bits per heavy atom. The molecule has 1 unspecified atom stereocenters. The molecule has 1 atom stereocenters. The number of anilines is 1. The van der Waals surface area contributed by atoms with Crippen molar-refractivity contribution in [2.24, 2.45) is 0 Å². The van der Waals surface area contributed by atoms with Gasteiger partial charge in [0.2, 0.25) is 10.0 Å². The highest BCUT2D eigenvalue weighted by molar-refractivity contribution is 7.89. The molecule has 0 bridgehead atoms. The van der Waals surface area contributed by atoms with E-state index in [0.717, 1.165) is 22.4 Å². The molecule has 3 aromatic rings. The van der Waals surface area contributed by atoms with E-state index in [2.05, 4.69) is 4.72 Å². The summed E-state index contributed by atoms with van der Waals surface area (Å²) in [4.78, 5) is 14.9. The minimum Gasteiger partial charge on any atom is -0.305 e. The van der Waals surface area contributed by atoms with Crippen LogP contribution in [-0.2, 0) is 23.0 Å². The van der Waals surface area contributed by atoms with Gasteiger partial charge in [-0.3, -0.25) is 4.79 Å². The zero-order valence-electron chi connectivity index (χ0n) is 17.0. The van der Waals surface area contributed by atoms with Gasteiger partial charge in [0.1, 0.15) is 0 Å². The largest absolute Gasteiger partial charge is 0.305 e. The molecule has 1 aliphatic heterocycles. The highest BCUT2D eigenvalue weighted by Gasteiger charge is 2.32. The third-order valence-corrected chi connectivity index (χ3v) is 6.80. The molecule has 0 saturated carbocycles. The van der Waals surface area contributed by atoms with Crippen LogP contribution in [0.3, 0.4) is 0 Å². The maximum absolute atomic E-state index is 13.0. The summed E-state index contributed by atoms with van der Waals surface area (Å²) in [6.45, 7) is 4.20. The van der Waals surface area contributed by atoms with Crippen LogP contribution in [0.5, 0.6) is 0 Å². The van der Waals surface area contributed by atoms with Crippen LogP contribution < -0.4 is 9.62 Å². The Balaban J connectivity index is 1.56. The molecule has 0 spiro atoms. The highest BCUT2D eigenvalue weighted by Crippen LogP contribution is 2.35. The minimum atomic E-state index is -3.65. The molecule has 0 saturated heterocycles. The maximum Gasteiger partial charge on any atom is 0.258 e. The molecular weight excluding hydrogens is 396 g/mol. The van der Waals surface area contributed by atoms with Crippen LogP contribution >= 0.6 is 0 Å². The standard InChI is InChI=1S/C24H24N2O3S/c1-17-8-10-19(11-9-17)16-25-30(28,29)22-12-13-23-21(15-22)14-18(2)26(23)24(27)20-6-4-3-5-7-20/h3-13,15,18,25H,14,16H2,1-2H3. The summed E-state index contributed by atoms with van der Waals surface area (Å²) in [5.74, 6) is -0.0741. The quantitative estimate of drug-likeness (QED) is 0.677. The van der Waals surface area contributed by atoms with E-state index < -0.39 is 10.0 Å². The topological polar surface area (TPSA) is 66.5 Å². The second-order valence-corrected chi connectivity index (χ2v) is 9.46. The van der Waals surface area contributed by atoms with E-state index in [1.807, 2.05) is 56.3 Å². The molecule has 30 heavy (non-hydrogen) atoms. The van der Waals surface area contributed by atoms with E-state index in [-0.39, 0.29) is 23.4 Å².